The Morgan fingerprint density at radius 1 is 1.05 bits per heavy atom. The van der Waals surface area contributed by atoms with E-state index < -0.39 is 0 Å². The molecule has 1 aliphatic carbocycles. The molecular weight excluding hydrogens is 248 g/mol. The molecule has 5 rings (SSSR count). The molecule has 3 saturated heterocycles. The van der Waals surface area contributed by atoms with E-state index in [2.05, 4.69) is 26.0 Å². The summed E-state index contributed by atoms with van der Waals surface area (Å²) < 4.78 is 2.44. The van der Waals surface area contributed by atoms with Gasteiger partial charge < -0.3 is 14.8 Å². The van der Waals surface area contributed by atoms with Crippen molar-refractivity contribution >= 4 is 5.95 Å². The van der Waals surface area contributed by atoms with Gasteiger partial charge in [0.05, 0.1) is 6.04 Å². The van der Waals surface area contributed by atoms with E-state index in [4.69, 9.17) is 0 Å². The molecule has 20 heavy (non-hydrogen) atoms. The van der Waals surface area contributed by atoms with Crippen LogP contribution < -0.4 is 5.32 Å². The van der Waals surface area contributed by atoms with Crippen molar-refractivity contribution in [3.05, 3.63) is 12.4 Å². The number of nitrogens with one attached hydrogen (secondary N) is 1. The number of hydrogen-bond acceptors (Lipinski definition) is 3. The second kappa shape index (κ2) is 5.40. The van der Waals surface area contributed by atoms with E-state index >= 15 is 0 Å². The highest BCUT2D eigenvalue weighted by Crippen LogP contribution is 2.37. The molecule has 1 unspecified atom stereocenters. The number of nitrogens with zero attached hydrogens (tertiary/aromatic N) is 3. The van der Waals surface area contributed by atoms with E-state index in [1.165, 1.54) is 64.6 Å². The molecule has 0 amide bonds. The lowest BCUT2D eigenvalue weighted by Crippen LogP contribution is -2.48. The van der Waals surface area contributed by atoms with Crippen LogP contribution in [-0.2, 0) is 0 Å². The van der Waals surface area contributed by atoms with Gasteiger partial charge in [0.2, 0.25) is 5.95 Å². The summed E-state index contributed by atoms with van der Waals surface area (Å²) in [6.07, 6.45) is 13.7. The molecule has 4 fully saturated rings. The van der Waals surface area contributed by atoms with Crippen LogP contribution in [0.15, 0.2) is 12.4 Å². The molecule has 4 nitrogen and oxygen atoms in total. The first kappa shape index (κ1) is 12.7. The zero-order valence-corrected chi connectivity index (χ0v) is 12.3. The molecule has 1 atom stereocenters. The van der Waals surface area contributed by atoms with Gasteiger partial charge in [0.15, 0.2) is 0 Å². The van der Waals surface area contributed by atoms with E-state index in [-0.39, 0.29) is 0 Å². The number of imidazole rings is 1. The molecule has 110 valence electrons. The normalized spacial score (nSPS) is 34.3. The summed E-state index contributed by atoms with van der Waals surface area (Å²) in [7, 11) is 0. The average molecular weight is 274 g/mol. The van der Waals surface area contributed by atoms with E-state index in [9.17, 15) is 0 Å². The van der Waals surface area contributed by atoms with Crippen molar-refractivity contribution in [1.82, 2.24) is 14.5 Å². The standard InChI is InChI=1S/C16H26N4/c1-2-4-14(5-3-1)18-16-17-8-11-20(16)15-12-19-9-6-13(15)7-10-19/h8,11,13-15H,1-7,9-10,12H2,(H,17,18). The van der Waals surface area contributed by atoms with Gasteiger partial charge in [-0.05, 0) is 44.7 Å². The zero-order chi connectivity index (χ0) is 13.4. The highest BCUT2D eigenvalue weighted by atomic mass is 15.3. The first-order chi connectivity index (χ1) is 9.90. The molecule has 1 aromatic heterocycles. The zero-order valence-electron chi connectivity index (χ0n) is 12.3. The predicted molar refractivity (Wildman–Crippen MR) is 80.9 cm³/mol. The third-order valence-corrected chi connectivity index (χ3v) is 5.59. The lowest BCUT2D eigenvalue weighted by atomic mass is 9.84. The topological polar surface area (TPSA) is 33.1 Å². The predicted octanol–water partition coefficient (Wildman–Crippen LogP) is 2.89. The monoisotopic (exact) mass is 274 g/mol. The van der Waals surface area contributed by atoms with Gasteiger partial charge >= 0.3 is 0 Å². The highest BCUT2D eigenvalue weighted by molar-refractivity contribution is 5.29. The minimum atomic E-state index is 0.644. The lowest BCUT2D eigenvalue weighted by Gasteiger charge is -2.45. The van der Waals surface area contributed by atoms with Crippen LogP contribution in [0.5, 0.6) is 0 Å². The van der Waals surface area contributed by atoms with Gasteiger partial charge in [-0.15, -0.1) is 0 Å². The summed E-state index contributed by atoms with van der Waals surface area (Å²) in [5.74, 6) is 1.98. The third-order valence-electron chi connectivity index (χ3n) is 5.59. The van der Waals surface area contributed by atoms with Crippen molar-refractivity contribution in [2.75, 3.05) is 25.0 Å². The Hall–Kier alpha value is -1.03. The van der Waals surface area contributed by atoms with Crippen molar-refractivity contribution < 1.29 is 0 Å². The first-order valence-corrected chi connectivity index (χ1v) is 8.42. The van der Waals surface area contributed by atoms with Crippen molar-refractivity contribution in [3.63, 3.8) is 0 Å². The number of anilines is 1. The molecule has 1 saturated carbocycles. The van der Waals surface area contributed by atoms with Crippen molar-refractivity contribution in [2.24, 2.45) is 5.92 Å². The Morgan fingerprint density at radius 3 is 2.55 bits per heavy atom. The van der Waals surface area contributed by atoms with E-state index in [0.29, 0.717) is 12.1 Å². The van der Waals surface area contributed by atoms with Crippen molar-refractivity contribution in [1.29, 1.82) is 0 Å². The maximum absolute atomic E-state index is 4.60. The smallest absolute Gasteiger partial charge is 0.203 e. The van der Waals surface area contributed by atoms with Gasteiger partial charge in [0, 0.05) is 25.0 Å². The SMILES string of the molecule is c1cn(C2CN3CCC2CC3)c(NC2CCCCC2)n1. The Balaban J connectivity index is 1.50. The number of rotatable bonds is 3. The number of hydrogen-bond donors (Lipinski definition) is 1. The van der Waals surface area contributed by atoms with Gasteiger partial charge in [-0.1, -0.05) is 19.3 Å². The summed E-state index contributed by atoms with van der Waals surface area (Å²) in [4.78, 5) is 7.22. The number of fused-ring (bicyclic) bond motifs is 3. The van der Waals surface area contributed by atoms with Crippen LogP contribution in [0.25, 0.3) is 0 Å². The van der Waals surface area contributed by atoms with Crippen molar-refractivity contribution in [2.45, 2.75) is 57.0 Å². The Labute approximate surface area is 121 Å². The fourth-order valence-corrected chi connectivity index (χ4v) is 4.37. The van der Waals surface area contributed by atoms with Gasteiger partial charge in [0.1, 0.15) is 0 Å². The third kappa shape index (κ3) is 2.34. The average Bonchev–Trinajstić information content (AvgIpc) is 2.97. The molecule has 1 N–H and O–H groups in total. The molecule has 3 aliphatic heterocycles. The Morgan fingerprint density at radius 2 is 1.85 bits per heavy atom. The summed E-state index contributed by atoms with van der Waals surface area (Å²) >= 11 is 0. The highest BCUT2D eigenvalue weighted by Gasteiger charge is 2.36. The fourth-order valence-electron chi connectivity index (χ4n) is 4.37. The molecular formula is C16H26N4. The van der Waals surface area contributed by atoms with Gasteiger partial charge in [-0.25, -0.2) is 4.98 Å². The minimum absolute atomic E-state index is 0.644. The van der Waals surface area contributed by atoms with E-state index in [1.807, 2.05) is 6.20 Å². The minimum Gasteiger partial charge on any atom is -0.353 e. The van der Waals surface area contributed by atoms with Crippen LogP contribution in [-0.4, -0.2) is 40.1 Å². The van der Waals surface area contributed by atoms with Crippen LogP contribution in [0, 0.1) is 5.92 Å². The molecule has 2 bridgehead atoms. The quantitative estimate of drug-likeness (QED) is 0.920. The van der Waals surface area contributed by atoms with Gasteiger partial charge in [0.25, 0.3) is 0 Å². The lowest BCUT2D eigenvalue weighted by molar-refractivity contribution is 0.0578. The molecule has 1 aromatic rings. The number of piperidine rings is 3. The fraction of sp³-hybridized carbons (Fsp3) is 0.812. The van der Waals surface area contributed by atoms with Gasteiger partial charge in [-0.3, -0.25) is 0 Å². The Bertz CT molecular complexity index is 441. The molecule has 4 aliphatic rings. The van der Waals surface area contributed by atoms with Crippen LogP contribution >= 0.6 is 0 Å². The first-order valence-electron chi connectivity index (χ1n) is 8.42. The van der Waals surface area contributed by atoms with E-state index in [0.717, 1.165) is 11.9 Å². The summed E-state index contributed by atoms with van der Waals surface area (Å²) in [6, 6.07) is 1.29. The van der Waals surface area contributed by atoms with E-state index in [1.54, 1.807) is 0 Å². The summed E-state index contributed by atoms with van der Waals surface area (Å²) in [5.41, 5.74) is 0. The molecule has 4 heteroatoms. The molecule has 0 radical (unpaired) electrons. The van der Waals surface area contributed by atoms with Crippen molar-refractivity contribution in [3.8, 4) is 0 Å². The molecule has 0 aromatic carbocycles. The van der Waals surface area contributed by atoms with Crippen LogP contribution in [0.4, 0.5) is 5.95 Å². The second-order valence-electron chi connectivity index (χ2n) is 6.84. The maximum Gasteiger partial charge on any atom is 0.203 e. The molecule has 4 heterocycles. The largest absolute Gasteiger partial charge is 0.353 e. The van der Waals surface area contributed by atoms with Crippen LogP contribution in [0.2, 0.25) is 0 Å². The Kier molecular flexibility index (Phi) is 3.42. The molecule has 0 spiro atoms. The van der Waals surface area contributed by atoms with Crippen LogP contribution in [0.3, 0.4) is 0 Å². The summed E-state index contributed by atoms with van der Waals surface area (Å²) in [6.45, 7) is 3.84. The second-order valence-corrected chi connectivity index (χ2v) is 6.84. The maximum atomic E-state index is 4.60. The van der Waals surface area contributed by atoms with Gasteiger partial charge in [-0.2, -0.15) is 0 Å². The number of aromatic nitrogens is 2. The summed E-state index contributed by atoms with van der Waals surface area (Å²) in [5, 5.41) is 3.72. The van der Waals surface area contributed by atoms with Crippen LogP contribution in [0.1, 0.15) is 51.0 Å².